The number of Topliss-reactive ketones (excluding diaryl/α,β-unsaturated/α-hetero) is 1. The van der Waals surface area contributed by atoms with Crippen LogP contribution in [0, 0.1) is 0 Å². The van der Waals surface area contributed by atoms with Crippen LogP contribution in [0.4, 0.5) is 5.69 Å². The highest BCUT2D eigenvalue weighted by molar-refractivity contribution is 8.00. The maximum atomic E-state index is 12.7. The van der Waals surface area contributed by atoms with E-state index in [1.807, 2.05) is 0 Å². The van der Waals surface area contributed by atoms with Crippen LogP contribution in [0.15, 0.2) is 53.4 Å². The van der Waals surface area contributed by atoms with Crippen molar-refractivity contribution in [1.82, 2.24) is 0 Å². The number of amides is 2. The van der Waals surface area contributed by atoms with Gasteiger partial charge < -0.3 is 5.11 Å². The van der Waals surface area contributed by atoms with Crippen molar-refractivity contribution in [2.75, 3.05) is 4.90 Å². The van der Waals surface area contributed by atoms with Gasteiger partial charge in [0, 0.05) is 16.9 Å². The SMILES string of the molecule is CC(=O)c1ccc(N2C(=O)CC(Sc3ccccc3C(=O)O)C2=O)cc1. The molecule has 7 heteroatoms. The van der Waals surface area contributed by atoms with Crippen LogP contribution in [0.25, 0.3) is 0 Å². The Balaban J connectivity index is 1.83. The van der Waals surface area contributed by atoms with Crippen molar-refractivity contribution in [3.8, 4) is 0 Å². The molecular weight excluding hydrogens is 354 g/mol. The molecular formula is C19H15NO5S. The van der Waals surface area contributed by atoms with Gasteiger partial charge in [-0.25, -0.2) is 9.69 Å². The van der Waals surface area contributed by atoms with Crippen LogP contribution < -0.4 is 4.90 Å². The lowest BCUT2D eigenvalue weighted by atomic mass is 10.1. The number of carboxylic acids is 1. The van der Waals surface area contributed by atoms with E-state index in [1.54, 1.807) is 42.5 Å². The number of nitrogens with zero attached hydrogens (tertiary/aromatic N) is 1. The first-order valence-electron chi connectivity index (χ1n) is 7.85. The molecule has 1 N–H and O–H groups in total. The Morgan fingerprint density at radius 3 is 2.35 bits per heavy atom. The second kappa shape index (κ2) is 7.13. The molecule has 0 radical (unpaired) electrons. The third-order valence-corrected chi connectivity index (χ3v) is 5.29. The third-order valence-electron chi connectivity index (χ3n) is 4.02. The minimum absolute atomic E-state index is 0.00802. The smallest absolute Gasteiger partial charge is 0.336 e. The quantitative estimate of drug-likeness (QED) is 0.643. The number of thioether (sulfide) groups is 1. The van der Waals surface area contributed by atoms with Crippen molar-refractivity contribution in [2.24, 2.45) is 0 Å². The molecule has 1 aliphatic heterocycles. The fraction of sp³-hybridized carbons (Fsp3) is 0.158. The summed E-state index contributed by atoms with van der Waals surface area (Å²) in [6.07, 6.45) is -0.00802. The number of ketones is 1. The minimum atomic E-state index is -1.08. The predicted octanol–water partition coefficient (Wildman–Crippen LogP) is 3.01. The lowest BCUT2D eigenvalue weighted by Gasteiger charge is -2.15. The summed E-state index contributed by atoms with van der Waals surface area (Å²) in [5.41, 5.74) is 0.996. The number of hydrogen-bond acceptors (Lipinski definition) is 5. The molecule has 1 heterocycles. The first-order valence-corrected chi connectivity index (χ1v) is 8.73. The highest BCUT2D eigenvalue weighted by Crippen LogP contribution is 2.35. The molecule has 0 bridgehead atoms. The number of aromatic carboxylic acids is 1. The number of carbonyl (C=O) groups excluding carboxylic acids is 3. The molecule has 1 aliphatic rings. The number of anilines is 1. The Labute approximate surface area is 153 Å². The monoisotopic (exact) mass is 369 g/mol. The largest absolute Gasteiger partial charge is 0.478 e. The Hall–Kier alpha value is -2.93. The molecule has 0 aliphatic carbocycles. The Bertz CT molecular complexity index is 906. The van der Waals surface area contributed by atoms with Crippen LogP contribution in [0.2, 0.25) is 0 Å². The number of imide groups is 1. The molecule has 0 saturated carbocycles. The molecule has 132 valence electrons. The van der Waals surface area contributed by atoms with Crippen molar-refractivity contribution in [3.05, 3.63) is 59.7 Å². The summed E-state index contributed by atoms with van der Waals surface area (Å²) in [7, 11) is 0. The van der Waals surface area contributed by atoms with Gasteiger partial charge >= 0.3 is 5.97 Å². The zero-order valence-electron chi connectivity index (χ0n) is 13.8. The molecule has 2 aromatic rings. The summed E-state index contributed by atoms with van der Waals surface area (Å²) in [5, 5.41) is 8.57. The molecule has 2 amide bonds. The zero-order valence-corrected chi connectivity index (χ0v) is 14.7. The molecule has 1 atom stereocenters. The van der Waals surface area contributed by atoms with Crippen molar-refractivity contribution in [2.45, 2.75) is 23.5 Å². The van der Waals surface area contributed by atoms with Gasteiger partial charge in [0.05, 0.1) is 16.5 Å². The minimum Gasteiger partial charge on any atom is -0.478 e. The van der Waals surface area contributed by atoms with Crippen LogP contribution in [0.5, 0.6) is 0 Å². The van der Waals surface area contributed by atoms with E-state index in [2.05, 4.69) is 0 Å². The van der Waals surface area contributed by atoms with Gasteiger partial charge in [-0.2, -0.15) is 0 Å². The van der Waals surface area contributed by atoms with Crippen LogP contribution in [-0.2, 0) is 9.59 Å². The van der Waals surface area contributed by atoms with E-state index in [1.165, 1.54) is 13.0 Å². The zero-order chi connectivity index (χ0) is 18.8. The summed E-state index contributed by atoms with van der Waals surface area (Å²) in [4.78, 5) is 49.2. The van der Waals surface area contributed by atoms with E-state index in [-0.39, 0.29) is 23.7 Å². The standard InChI is InChI=1S/C19H15NO5S/c1-11(21)12-6-8-13(9-7-12)20-17(22)10-16(18(20)23)26-15-5-3-2-4-14(15)19(24)25/h2-9,16H,10H2,1H3,(H,24,25). The normalized spacial score (nSPS) is 16.8. The average molecular weight is 369 g/mol. The first kappa shape index (κ1) is 17.9. The number of benzene rings is 2. The van der Waals surface area contributed by atoms with Gasteiger partial charge in [-0.3, -0.25) is 14.4 Å². The van der Waals surface area contributed by atoms with Gasteiger partial charge in [0.1, 0.15) is 0 Å². The van der Waals surface area contributed by atoms with Gasteiger partial charge in [0.2, 0.25) is 11.8 Å². The van der Waals surface area contributed by atoms with Gasteiger partial charge in [0.25, 0.3) is 0 Å². The van der Waals surface area contributed by atoms with Gasteiger partial charge in [0.15, 0.2) is 5.78 Å². The van der Waals surface area contributed by atoms with Crippen LogP contribution >= 0.6 is 11.8 Å². The van der Waals surface area contributed by atoms with Crippen LogP contribution in [0.3, 0.4) is 0 Å². The van der Waals surface area contributed by atoms with Gasteiger partial charge in [-0.15, -0.1) is 11.8 Å². The van der Waals surface area contributed by atoms with Crippen molar-refractivity contribution < 1.29 is 24.3 Å². The third kappa shape index (κ3) is 3.39. The van der Waals surface area contributed by atoms with Crippen LogP contribution in [0.1, 0.15) is 34.1 Å². The van der Waals surface area contributed by atoms with E-state index in [4.69, 9.17) is 0 Å². The second-order valence-corrected chi connectivity index (χ2v) is 7.03. The molecule has 0 spiro atoms. The van der Waals surface area contributed by atoms with E-state index < -0.39 is 17.1 Å². The van der Waals surface area contributed by atoms with E-state index >= 15 is 0 Å². The summed E-state index contributed by atoms with van der Waals surface area (Å²) in [6.45, 7) is 1.44. The topological polar surface area (TPSA) is 91.8 Å². The highest BCUT2D eigenvalue weighted by atomic mass is 32.2. The maximum absolute atomic E-state index is 12.7. The second-order valence-electron chi connectivity index (χ2n) is 5.78. The molecule has 3 rings (SSSR count). The predicted molar refractivity (Wildman–Crippen MR) is 96.6 cm³/mol. The van der Waals surface area contributed by atoms with E-state index in [0.29, 0.717) is 16.1 Å². The number of carboxylic acid groups (broad SMARTS) is 1. The lowest BCUT2D eigenvalue weighted by molar-refractivity contribution is -0.121. The number of carbonyl (C=O) groups is 4. The van der Waals surface area contributed by atoms with E-state index in [9.17, 15) is 24.3 Å². The first-order chi connectivity index (χ1) is 12.4. The van der Waals surface area contributed by atoms with Crippen molar-refractivity contribution in [3.63, 3.8) is 0 Å². The number of hydrogen-bond donors (Lipinski definition) is 1. The average Bonchev–Trinajstić information content (AvgIpc) is 2.89. The fourth-order valence-corrected chi connectivity index (χ4v) is 3.89. The van der Waals surface area contributed by atoms with Crippen molar-refractivity contribution in [1.29, 1.82) is 0 Å². The number of rotatable bonds is 5. The Kier molecular flexibility index (Phi) is 4.90. The van der Waals surface area contributed by atoms with E-state index in [0.717, 1.165) is 16.7 Å². The molecule has 26 heavy (non-hydrogen) atoms. The molecule has 6 nitrogen and oxygen atoms in total. The molecule has 1 unspecified atom stereocenters. The highest BCUT2D eigenvalue weighted by Gasteiger charge is 2.40. The molecule has 0 aromatic heterocycles. The Morgan fingerprint density at radius 1 is 1.08 bits per heavy atom. The summed E-state index contributed by atoms with van der Waals surface area (Å²) >= 11 is 1.08. The van der Waals surface area contributed by atoms with Crippen LogP contribution in [-0.4, -0.2) is 33.9 Å². The molecule has 1 fully saturated rings. The molecule has 2 aromatic carbocycles. The van der Waals surface area contributed by atoms with Gasteiger partial charge in [-0.05, 0) is 43.3 Å². The fourth-order valence-electron chi connectivity index (χ4n) is 2.71. The molecule has 1 saturated heterocycles. The lowest BCUT2D eigenvalue weighted by Crippen LogP contribution is -2.31. The van der Waals surface area contributed by atoms with Crippen molar-refractivity contribution >= 4 is 41.0 Å². The Morgan fingerprint density at radius 2 is 1.73 bits per heavy atom. The summed E-state index contributed by atoms with van der Waals surface area (Å²) < 4.78 is 0. The maximum Gasteiger partial charge on any atom is 0.336 e. The summed E-state index contributed by atoms with van der Waals surface area (Å²) in [6, 6.07) is 12.6. The van der Waals surface area contributed by atoms with Gasteiger partial charge in [-0.1, -0.05) is 12.1 Å². The summed E-state index contributed by atoms with van der Waals surface area (Å²) in [5.74, 6) is -1.93.